The zero-order valence-electron chi connectivity index (χ0n) is 13.3. The second-order valence-electron chi connectivity index (χ2n) is 6.02. The lowest BCUT2D eigenvalue weighted by atomic mass is 9.75. The average Bonchev–Trinajstić information content (AvgIpc) is 2.43. The summed E-state index contributed by atoms with van der Waals surface area (Å²) < 4.78 is 0. The van der Waals surface area contributed by atoms with Crippen LogP contribution >= 0.6 is 0 Å². The topological polar surface area (TPSA) is 30.3 Å². The molecule has 0 aliphatic carbocycles. The first-order chi connectivity index (χ1) is 9.50. The van der Waals surface area contributed by atoms with Gasteiger partial charge in [-0.1, -0.05) is 30.3 Å². The second-order valence-corrected chi connectivity index (χ2v) is 6.02. The highest BCUT2D eigenvalue weighted by atomic mass is 15.1. The molecule has 0 saturated heterocycles. The van der Waals surface area contributed by atoms with Crippen molar-refractivity contribution in [3.05, 3.63) is 35.9 Å². The van der Waals surface area contributed by atoms with Gasteiger partial charge < -0.3 is 9.80 Å². The second kappa shape index (κ2) is 8.04. The van der Waals surface area contributed by atoms with Crippen LogP contribution in [0.4, 0.5) is 0 Å². The molecule has 3 nitrogen and oxygen atoms in total. The van der Waals surface area contributed by atoms with Crippen molar-refractivity contribution in [2.45, 2.75) is 24.7 Å². The highest BCUT2D eigenvalue weighted by molar-refractivity contribution is 5.32. The first-order valence-electron chi connectivity index (χ1n) is 7.26. The average molecular weight is 273 g/mol. The molecule has 1 aromatic carbocycles. The van der Waals surface area contributed by atoms with E-state index >= 15 is 0 Å². The summed E-state index contributed by atoms with van der Waals surface area (Å²) in [6, 6.07) is 12.9. The smallest absolute Gasteiger partial charge is 0.0835 e. The quantitative estimate of drug-likeness (QED) is 0.729. The van der Waals surface area contributed by atoms with Gasteiger partial charge in [-0.15, -0.1) is 0 Å². The Morgan fingerprint density at radius 1 is 0.950 bits per heavy atom. The van der Waals surface area contributed by atoms with E-state index < -0.39 is 0 Å². The fourth-order valence-electron chi connectivity index (χ4n) is 2.46. The lowest BCUT2D eigenvalue weighted by Gasteiger charge is -2.29. The third kappa shape index (κ3) is 4.96. The molecule has 0 aliphatic rings. The molecule has 3 heteroatoms. The van der Waals surface area contributed by atoms with Crippen molar-refractivity contribution in [2.24, 2.45) is 0 Å². The monoisotopic (exact) mass is 273 g/mol. The molecular weight excluding hydrogens is 246 g/mol. The van der Waals surface area contributed by atoms with Gasteiger partial charge in [0, 0.05) is 0 Å². The maximum atomic E-state index is 9.83. The largest absolute Gasteiger partial charge is 0.309 e. The van der Waals surface area contributed by atoms with Gasteiger partial charge in [-0.3, -0.25) is 0 Å². The summed E-state index contributed by atoms with van der Waals surface area (Å²) in [5.41, 5.74) is 0.796. The zero-order valence-corrected chi connectivity index (χ0v) is 13.3. The molecule has 20 heavy (non-hydrogen) atoms. The minimum atomic E-state index is -0.360. The molecule has 0 fully saturated rings. The van der Waals surface area contributed by atoms with Crippen LogP contribution in [0.25, 0.3) is 0 Å². The molecule has 0 N–H and O–H groups in total. The zero-order chi connectivity index (χ0) is 15.0. The minimum Gasteiger partial charge on any atom is -0.309 e. The Balaban J connectivity index is 2.88. The van der Waals surface area contributed by atoms with Crippen LogP contribution in [0.3, 0.4) is 0 Å². The van der Waals surface area contributed by atoms with Gasteiger partial charge in [0.15, 0.2) is 0 Å². The minimum absolute atomic E-state index is 0.360. The summed E-state index contributed by atoms with van der Waals surface area (Å²) >= 11 is 0. The van der Waals surface area contributed by atoms with Gasteiger partial charge in [-0.05, 0) is 66.1 Å². The highest BCUT2D eigenvalue weighted by Crippen LogP contribution is 2.32. The summed E-state index contributed by atoms with van der Waals surface area (Å²) in [6.07, 6.45) is 2.84. The van der Waals surface area contributed by atoms with Crippen molar-refractivity contribution < 1.29 is 0 Å². The fourth-order valence-corrected chi connectivity index (χ4v) is 2.46. The van der Waals surface area contributed by atoms with Crippen molar-refractivity contribution in [2.75, 3.05) is 41.3 Å². The molecular formula is C17H27N3. The first-order valence-corrected chi connectivity index (χ1v) is 7.26. The number of hydrogen-bond donors (Lipinski definition) is 0. The van der Waals surface area contributed by atoms with E-state index in [2.05, 4.69) is 56.2 Å². The Kier molecular flexibility index (Phi) is 6.70. The number of hydrogen-bond acceptors (Lipinski definition) is 3. The molecule has 0 amide bonds. The number of nitrogens with zero attached hydrogens (tertiary/aromatic N) is 3. The van der Waals surface area contributed by atoms with E-state index in [4.69, 9.17) is 0 Å². The van der Waals surface area contributed by atoms with E-state index in [0.29, 0.717) is 0 Å². The maximum Gasteiger partial charge on any atom is 0.0835 e. The van der Waals surface area contributed by atoms with E-state index in [0.717, 1.165) is 37.9 Å². The Morgan fingerprint density at radius 3 is 2.05 bits per heavy atom. The van der Waals surface area contributed by atoms with Gasteiger partial charge in [0.25, 0.3) is 0 Å². The van der Waals surface area contributed by atoms with Gasteiger partial charge in [0.1, 0.15) is 0 Å². The molecule has 0 unspecified atom stereocenters. The van der Waals surface area contributed by atoms with E-state index in [1.165, 1.54) is 0 Å². The Hall–Kier alpha value is -1.37. The Bertz CT molecular complexity index is 420. The van der Waals surface area contributed by atoms with Crippen LogP contribution in [-0.4, -0.2) is 51.1 Å². The van der Waals surface area contributed by atoms with Gasteiger partial charge in [-0.2, -0.15) is 5.26 Å². The van der Waals surface area contributed by atoms with Crippen LogP contribution < -0.4 is 0 Å². The lowest BCUT2D eigenvalue weighted by Crippen LogP contribution is -2.30. The number of nitriles is 1. The van der Waals surface area contributed by atoms with E-state index in [1.54, 1.807) is 0 Å². The van der Waals surface area contributed by atoms with E-state index in [-0.39, 0.29) is 5.41 Å². The molecule has 0 spiro atoms. The normalized spacial score (nSPS) is 14.2. The van der Waals surface area contributed by atoms with Crippen molar-refractivity contribution in [3.63, 3.8) is 0 Å². The fraction of sp³-hybridized carbons (Fsp3) is 0.588. The first kappa shape index (κ1) is 16.7. The molecule has 0 heterocycles. The van der Waals surface area contributed by atoms with Crippen LogP contribution in [0.1, 0.15) is 24.8 Å². The molecule has 1 aromatic rings. The van der Waals surface area contributed by atoms with E-state index in [9.17, 15) is 5.26 Å². The molecule has 0 radical (unpaired) electrons. The Labute approximate surface area is 123 Å². The van der Waals surface area contributed by atoms with Gasteiger partial charge >= 0.3 is 0 Å². The maximum absolute atomic E-state index is 9.83. The van der Waals surface area contributed by atoms with Gasteiger partial charge in [-0.25, -0.2) is 0 Å². The number of rotatable bonds is 8. The third-order valence-electron chi connectivity index (χ3n) is 3.74. The molecule has 0 bridgehead atoms. The molecule has 0 saturated carbocycles. The predicted octanol–water partition coefficient (Wildman–Crippen LogP) is 2.74. The van der Waals surface area contributed by atoms with E-state index in [1.807, 2.05) is 18.2 Å². The molecule has 1 rings (SSSR count). The molecule has 1 atom stereocenters. The van der Waals surface area contributed by atoms with Crippen LogP contribution in [0.5, 0.6) is 0 Å². The lowest BCUT2D eigenvalue weighted by molar-refractivity contribution is 0.320. The molecule has 0 aliphatic heterocycles. The van der Waals surface area contributed by atoms with Crippen LogP contribution in [0.2, 0.25) is 0 Å². The number of benzene rings is 1. The molecule has 0 aromatic heterocycles. The van der Waals surface area contributed by atoms with Crippen LogP contribution in [0.15, 0.2) is 30.3 Å². The Morgan fingerprint density at radius 2 is 1.55 bits per heavy atom. The van der Waals surface area contributed by atoms with Crippen LogP contribution in [0, 0.1) is 11.3 Å². The van der Waals surface area contributed by atoms with Crippen molar-refractivity contribution in [1.82, 2.24) is 9.80 Å². The van der Waals surface area contributed by atoms with Crippen molar-refractivity contribution in [3.8, 4) is 6.07 Å². The predicted molar refractivity (Wildman–Crippen MR) is 84.7 cm³/mol. The SMILES string of the molecule is CN(C)CCC[C@@](C#N)(CCN(C)C)c1ccccc1. The standard InChI is InChI=1S/C17H27N3/c1-19(2)13-8-11-17(15-18,12-14-20(3)4)16-9-6-5-7-10-16/h5-7,9-10H,8,11-14H2,1-4H3/t17-/m0/s1. The van der Waals surface area contributed by atoms with Crippen LogP contribution in [-0.2, 0) is 5.41 Å². The molecule has 110 valence electrons. The summed E-state index contributed by atoms with van der Waals surface area (Å²) in [5.74, 6) is 0. The summed E-state index contributed by atoms with van der Waals surface area (Å²) in [4.78, 5) is 4.33. The summed E-state index contributed by atoms with van der Waals surface area (Å²) in [5, 5.41) is 9.83. The summed E-state index contributed by atoms with van der Waals surface area (Å²) in [6.45, 7) is 1.96. The van der Waals surface area contributed by atoms with Crippen molar-refractivity contribution >= 4 is 0 Å². The van der Waals surface area contributed by atoms with Crippen molar-refractivity contribution in [1.29, 1.82) is 5.26 Å². The third-order valence-corrected chi connectivity index (χ3v) is 3.74. The van der Waals surface area contributed by atoms with Gasteiger partial charge in [0.05, 0.1) is 11.5 Å². The van der Waals surface area contributed by atoms with Gasteiger partial charge in [0.2, 0.25) is 0 Å². The highest BCUT2D eigenvalue weighted by Gasteiger charge is 2.31. The summed E-state index contributed by atoms with van der Waals surface area (Å²) in [7, 11) is 8.28.